The summed E-state index contributed by atoms with van der Waals surface area (Å²) in [4.78, 5) is 10.7. The van der Waals surface area contributed by atoms with E-state index in [0.717, 1.165) is 83.3 Å². The molecule has 0 aliphatic heterocycles. The molecule has 3 heterocycles. The minimum Gasteiger partial charge on any atom is -0.507 e. The molecule has 0 atom stereocenters. The molecule has 63 heavy (non-hydrogen) atoms. The number of fused-ring (bicyclic) bond motifs is 4. The second-order valence-electron chi connectivity index (χ2n) is 21.4. The van der Waals surface area contributed by atoms with Crippen LogP contribution in [0.1, 0.15) is 105 Å². The van der Waals surface area contributed by atoms with E-state index in [1.54, 1.807) is 0 Å². The summed E-state index contributed by atoms with van der Waals surface area (Å²) in [7, 11) is 0. The summed E-state index contributed by atoms with van der Waals surface area (Å²) in [6.45, 7) is 26.8. The van der Waals surface area contributed by atoms with Crippen molar-refractivity contribution in [3.05, 3.63) is 156 Å². The standard InChI is InChI=1S/C58H59N3O2/c1-55(2,3)38-25-26-46(43(32-38)35-19-14-13-15-20-35)61-47-23-18-22-41(52(47)60-54(61)44-33-40(57(7,8)9)34-45(53(44)62)58(10,11)12)36-29-37(31-39(30-36)56(4,5)6)51-50-42-21-16-17-24-48(42)63-49(50)27-28-59-51/h13-34,62H,1-12H3. The van der Waals surface area contributed by atoms with E-state index in [4.69, 9.17) is 14.4 Å². The van der Waals surface area contributed by atoms with Crippen molar-refractivity contribution >= 4 is 33.0 Å². The van der Waals surface area contributed by atoms with E-state index in [2.05, 4.69) is 197 Å². The second-order valence-corrected chi connectivity index (χ2v) is 21.4. The van der Waals surface area contributed by atoms with Crippen LogP contribution in [0.15, 0.2) is 138 Å². The molecule has 0 unspecified atom stereocenters. The summed E-state index contributed by atoms with van der Waals surface area (Å²) in [5.74, 6) is 0.945. The zero-order chi connectivity index (χ0) is 44.8. The fraction of sp³-hybridized carbons (Fsp3) is 0.276. The smallest absolute Gasteiger partial charge is 0.149 e. The molecule has 0 aliphatic carbocycles. The zero-order valence-corrected chi connectivity index (χ0v) is 38.9. The maximum atomic E-state index is 12.6. The third kappa shape index (κ3) is 7.52. The predicted molar refractivity (Wildman–Crippen MR) is 264 cm³/mol. The second kappa shape index (κ2) is 14.8. The number of rotatable bonds is 5. The number of benzene rings is 6. The van der Waals surface area contributed by atoms with E-state index >= 15 is 0 Å². The van der Waals surface area contributed by atoms with Gasteiger partial charge >= 0.3 is 0 Å². The van der Waals surface area contributed by atoms with Gasteiger partial charge in [0.2, 0.25) is 0 Å². The van der Waals surface area contributed by atoms with E-state index < -0.39 is 0 Å². The lowest BCUT2D eigenvalue weighted by atomic mass is 9.79. The number of aromatic hydroxyl groups is 1. The summed E-state index contributed by atoms with van der Waals surface area (Å²) in [6, 6.07) is 45.3. The minimum atomic E-state index is -0.327. The van der Waals surface area contributed by atoms with Gasteiger partial charge in [0.25, 0.3) is 0 Å². The van der Waals surface area contributed by atoms with Crippen LogP contribution in [0.5, 0.6) is 5.75 Å². The highest BCUT2D eigenvalue weighted by molar-refractivity contribution is 6.11. The Hall–Kier alpha value is -6.46. The van der Waals surface area contributed by atoms with Crippen LogP contribution in [0.3, 0.4) is 0 Å². The molecule has 5 heteroatoms. The number of hydrogen-bond acceptors (Lipinski definition) is 4. The van der Waals surface area contributed by atoms with E-state index in [1.165, 1.54) is 11.1 Å². The number of imidazole rings is 1. The van der Waals surface area contributed by atoms with E-state index in [1.807, 2.05) is 24.4 Å². The van der Waals surface area contributed by atoms with Gasteiger partial charge in [0, 0.05) is 33.8 Å². The van der Waals surface area contributed by atoms with Crippen molar-refractivity contribution < 1.29 is 9.52 Å². The van der Waals surface area contributed by atoms with Gasteiger partial charge in [-0.05, 0) is 98.0 Å². The fourth-order valence-corrected chi connectivity index (χ4v) is 8.85. The number of pyridine rings is 1. The van der Waals surface area contributed by atoms with E-state index in [-0.39, 0.29) is 27.4 Å². The largest absolute Gasteiger partial charge is 0.507 e. The first-order chi connectivity index (χ1) is 29.7. The van der Waals surface area contributed by atoms with Crippen molar-refractivity contribution in [2.24, 2.45) is 0 Å². The third-order valence-electron chi connectivity index (χ3n) is 12.6. The van der Waals surface area contributed by atoms with Crippen molar-refractivity contribution in [2.45, 2.75) is 105 Å². The molecule has 6 aromatic carbocycles. The molecule has 0 aliphatic rings. The molecule has 3 aromatic heterocycles. The first-order valence-electron chi connectivity index (χ1n) is 22.2. The topological polar surface area (TPSA) is 64.1 Å². The number of hydrogen-bond donors (Lipinski definition) is 1. The molecule has 318 valence electrons. The molecule has 0 amide bonds. The summed E-state index contributed by atoms with van der Waals surface area (Å²) in [6.07, 6.45) is 1.84. The Morgan fingerprint density at radius 3 is 1.86 bits per heavy atom. The molecule has 0 fully saturated rings. The Morgan fingerprint density at radius 1 is 0.508 bits per heavy atom. The molecule has 0 bridgehead atoms. The highest BCUT2D eigenvalue weighted by Crippen LogP contribution is 2.47. The Balaban J connectivity index is 1.40. The van der Waals surface area contributed by atoms with Crippen molar-refractivity contribution in [1.29, 1.82) is 0 Å². The van der Waals surface area contributed by atoms with Gasteiger partial charge in [-0.2, -0.15) is 0 Å². The molecule has 9 aromatic rings. The van der Waals surface area contributed by atoms with Crippen LogP contribution in [0.25, 0.3) is 83.6 Å². The summed E-state index contributed by atoms with van der Waals surface area (Å²) >= 11 is 0. The maximum Gasteiger partial charge on any atom is 0.149 e. The van der Waals surface area contributed by atoms with Crippen molar-refractivity contribution in [2.75, 3.05) is 0 Å². The quantitative estimate of drug-likeness (QED) is 0.188. The molecular formula is C58H59N3O2. The molecule has 5 nitrogen and oxygen atoms in total. The van der Waals surface area contributed by atoms with Gasteiger partial charge in [-0.15, -0.1) is 0 Å². The van der Waals surface area contributed by atoms with E-state index in [9.17, 15) is 5.11 Å². The van der Waals surface area contributed by atoms with Crippen LogP contribution in [0, 0.1) is 0 Å². The molecule has 0 saturated carbocycles. The van der Waals surface area contributed by atoms with Crippen LogP contribution in [-0.2, 0) is 21.7 Å². The highest BCUT2D eigenvalue weighted by atomic mass is 16.3. The summed E-state index contributed by atoms with van der Waals surface area (Å²) in [5.41, 5.74) is 15.0. The molecule has 9 rings (SSSR count). The minimum absolute atomic E-state index is 0.0757. The Labute approximate surface area is 372 Å². The molecule has 0 saturated heterocycles. The van der Waals surface area contributed by atoms with Crippen LogP contribution in [0.4, 0.5) is 0 Å². The summed E-state index contributed by atoms with van der Waals surface area (Å²) < 4.78 is 8.63. The molecule has 0 spiro atoms. The van der Waals surface area contributed by atoms with Gasteiger partial charge in [-0.25, -0.2) is 4.98 Å². The number of phenols is 1. The lowest BCUT2D eigenvalue weighted by molar-refractivity contribution is 0.446. The van der Waals surface area contributed by atoms with Gasteiger partial charge in [0.05, 0.1) is 33.4 Å². The average molecular weight is 830 g/mol. The highest BCUT2D eigenvalue weighted by Gasteiger charge is 2.30. The Bertz CT molecular complexity index is 3210. The molecule has 1 N–H and O–H groups in total. The summed E-state index contributed by atoms with van der Waals surface area (Å²) in [5, 5.41) is 14.6. The van der Waals surface area contributed by atoms with Crippen molar-refractivity contribution in [3.8, 4) is 56.3 Å². The van der Waals surface area contributed by atoms with Crippen LogP contribution >= 0.6 is 0 Å². The van der Waals surface area contributed by atoms with Crippen molar-refractivity contribution in [3.63, 3.8) is 0 Å². The lowest BCUT2D eigenvalue weighted by Gasteiger charge is -2.28. The third-order valence-corrected chi connectivity index (χ3v) is 12.6. The number of furan rings is 1. The fourth-order valence-electron chi connectivity index (χ4n) is 8.85. The number of nitrogens with zero attached hydrogens (tertiary/aromatic N) is 3. The first-order valence-corrected chi connectivity index (χ1v) is 22.2. The number of aromatic nitrogens is 3. The van der Waals surface area contributed by atoms with Gasteiger partial charge in [0.15, 0.2) is 0 Å². The van der Waals surface area contributed by atoms with E-state index in [0.29, 0.717) is 11.4 Å². The zero-order valence-electron chi connectivity index (χ0n) is 38.9. The number of para-hydroxylation sites is 2. The first kappa shape index (κ1) is 41.9. The van der Waals surface area contributed by atoms with Crippen LogP contribution in [-0.4, -0.2) is 19.6 Å². The molecule has 0 radical (unpaired) electrons. The maximum absolute atomic E-state index is 12.6. The van der Waals surface area contributed by atoms with Crippen molar-refractivity contribution in [1.82, 2.24) is 14.5 Å². The van der Waals surface area contributed by atoms with Gasteiger partial charge in [0.1, 0.15) is 22.7 Å². The van der Waals surface area contributed by atoms with Crippen LogP contribution < -0.4 is 0 Å². The Morgan fingerprint density at radius 2 is 1.16 bits per heavy atom. The molecular weight excluding hydrogens is 771 g/mol. The normalized spacial score (nSPS) is 12.8. The monoisotopic (exact) mass is 829 g/mol. The number of phenolic OH excluding ortho intramolecular Hbond substituents is 1. The predicted octanol–water partition coefficient (Wildman–Crippen LogP) is 15.9. The Kier molecular flexibility index (Phi) is 9.86. The SMILES string of the molecule is CC(C)(C)c1cc(-c2cccc3c2nc(-c2cc(C(C)(C)C)cc(C(C)(C)C)c2O)n3-c2ccc(C(C)(C)C)cc2-c2ccccc2)cc(-c2nccc3oc4ccccc4c23)c1. The van der Waals surface area contributed by atoms with Gasteiger partial charge < -0.3 is 9.52 Å². The van der Waals surface area contributed by atoms with Crippen LogP contribution in [0.2, 0.25) is 0 Å². The average Bonchev–Trinajstić information content (AvgIpc) is 3.81. The van der Waals surface area contributed by atoms with Gasteiger partial charge in [-0.1, -0.05) is 162 Å². The van der Waals surface area contributed by atoms with Gasteiger partial charge in [-0.3, -0.25) is 9.55 Å². The lowest BCUT2D eigenvalue weighted by Crippen LogP contribution is -2.17.